The van der Waals surface area contributed by atoms with Crippen LogP contribution in [0.4, 0.5) is 5.69 Å². The molecule has 2 N–H and O–H groups in total. The Bertz CT molecular complexity index is 1160. The van der Waals surface area contributed by atoms with Crippen molar-refractivity contribution in [2.24, 2.45) is 0 Å². The first-order valence-corrected chi connectivity index (χ1v) is 9.99. The van der Waals surface area contributed by atoms with Crippen molar-refractivity contribution in [2.75, 3.05) is 5.32 Å². The predicted molar refractivity (Wildman–Crippen MR) is 111 cm³/mol. The number of nitrogens with one attached hydrogen (secondary N) is 1. The second kappa shape index (κ2) is 6.98. The van der Waals surface area contributed by atoms with E-state index >= 15 is 0 Å². The predicted octanol–water partition coefficient (Wildman–Crippen LogP) is 5.89. The van der Waals surface area contributed by atoms with Crippen LogP contribution >= 0.6 is 22.7 Å². The van der Waals surface area contributed by atoms with E-state index in [9.17, 15) is 14.7 Å². The Labute approximate surface area is 163 Å². The van der Waals surface area contributed by atoms with Crippen molar-refractivity contribution in [3.8, 4) is 10.4 Å². The Balaban J connectivity index is 1.68. The molecule has 2 aromatic carbocycles. The third-order valence-corrected chi connectivity index (χ3v) is 6.19. The number of rotatable bonds is 4. The molecule has 27 heavy (non-hydrogen) atoms. The number of carboxylic acid groups (broad SMARTS) is 1. The summed E-state index contributed by atoms with van der Waals surface area (Å²) in [6.07, 6.45) is 0. The van der Waals surface area contributed by atoms with Gasteiger partial charge in [-0.2, -0.15) is 0 Å². The Morgan fingerprint density at radius 1 is 1.00 bits per heavy atom. The van der Waals surface area contributed by atoms with Crippen LogP contribution in [0.2, 0.25) is 0 Å². The minimum atomic E-state index is -1.06. The summed E-state index contributed by atoms with van der Waals surface area (Å²) < 4.78 is 1.02. The maximum atomic E-state index is 12.7. The summed E-state index contributed by atoms with van der Waals surface area (Å²) in [6, 6.07) is 15.1. The lowest BCUT2D eigenvalue weighted by molar-refractivity contribution is 0.0699. The van der Waals surface area contributed by atoms with Crippen molar-refractivity contribution >= 4 is 50.3 Å². The molecule has 0 saturated carbocycles. The highest BCUT2D eigenvalue weighted by atomic mass is 32.1. The zero-order valence-corrected chi connectivity index (χ0v) is 16.0. The number of carbonyl (C=O) groups excluding carboxylic acids is 1. The molecule has 1 amide bonds. The van der Waals surface area contributed by atoms with Gasteiger partial charge in [0.25, 0.3) is 5.91 Å². The molecule has 0 radical (unpaired) electrons. The van der Waals surface area contributed by atoms with Crippen LogP contribution in [0.15, 0.2) is 59.3 Å². The number of hydrogen-bond acceptors (Lipinski definition) is 4. The molecule has 0 spiro atoms. The average Bonchev–Trinajstić information content (AvgIpc) is 3.28. The van der Waals surface area contributed by atoms with E-state index in [0.717, 1.165) is 21.2 Å². The zero-order valence-electron chi connectivity index (χ0n) is 14.4. The fourth-order valence-corrected chi connectivity index (χ4v) is 4.70. The van der Waals surface area contributed by atoms with Gasteiger partial charge in [0.15, 0.2) is 0 Å². The lowest BCUT2D eigenvalue weighted by Crippen LogP contribution is -2.13. The number of aromatic carboxylic acids is 1. The summed E-state index contributed by atoms with van der Waals surface area (Å²) in [5.41, 5.74) is 2.87. The second-order valence-corrected chi connectivity index (χ2v) is 7.98. The van der Waals surface area contributed by atoms with Crippen LogP contribution in [0.25, 0.3) is 20.5 Å². The Kier molecular flexibility index (Phi) is 4.51. The monoisotopic (exact) mass is 393 g/mol. The molecule has 0 aliphatic carbocycles. The van der Waals surface area contributed by atoms with E-state index in [1.807, 2.05) is 54.8 Å². The number of thiophene rings is 2. The van der Waals surface area contributed by atoms with E-state index in [4.69, 9.17) is 0 Å². The first-order chi connectivity index (χ1) is 13.0. The maximum absolute atomic E-state index is 12.7. The molecule has 0 saturated heterocycles. The van der Waals surface area contributed by atoms with Gasteiger partial charge in [0, 0.05) is 15.6 Å². The van der Waals surface area contributed by atoms with Gasteiger partial charge in [0.2, 0.25) is 0 Å². The number of amides is 1. The van der Waals surface area contributed by atoms with Crippen molar-refractivity contribution in [3.63, 3.8) is 0 Å². The molecule has 2 aromatic heterocycles. The van der Waals surface area contributed by atoms with Gasteiger partial charge in [0.1, 0.15) is 5.56 Å². The SMILES string of the molecule is Cc1ccc(-c2scc(NC(=O)c3ccc4ccsc4c3)c2C(=O)O)cc1. The molecule has 0 atom stereocenters. The summed E-state index contributed by atoms with van der Waals surface area (Å²) in [6.45, 7) is 1.98. The molecular weight excluding hydrogens is 378 g/mol. The van der Waals surface area contributed by atoms with Crippen molar-refractivity contribution in [1.82, 2.24) is 0 Å². The van der Waals surface area contributed by atoms with Gasteiger partial charge in [-0.1, -0.05) is 35.9 Å². The van der Waals surface area contributed by atoms with Gasteiger partial charge in [-0.15, -0.1) is 22.7 Å². The Morgan fingerprint density at radius 3 is 2.52 bits per heavy atom. The van der Waals surface area contributed by atoms with Gasteiger partial charge in [-0.25, -0.2) is 4.79 Å². The third kappa shape index (κ3) is 3.37. The summed E-state index contributed by atoms with van der Waals surface area (Å²) in [4.78, 5) is 25.1. The van der Waals surface area contributed by atoms with E-state index in [1.165, 1.54) is 11.3 Å². The largest absolute Gasteiger partial charge is 0.478 e. The fraction of sp³-hybridized carbons (Fsp3) is 0.0476. The van der Waals surface area contributed by atoms with Gasteiger partial charge in [-0.3, -0.25) is 4.79 Å². The van der Waals surface area contributed by atoms with E-state index in [-0.39, 0.29) is 11.5 Å². The highest BCUT2D eigenvalue weighted by Gasteiger charge is 2.21. The van der Waals surface area contributed by atoms with Crippen molar-refractivity contribution in [3.05, 3.63) is 76.0 Å². The van der Waals surface area contributed by atoms with E-state index in [1.54, 1.807) is 22.8 Å². The van der Waals surface area contributed by atoms with E-state index in [2.05, 4.69) is 5.32 Å². The zero-order chi connectivity index (χ0) is 19.0. The number of anilines is 1. The van der Waals surface area contributed by atoms with Crippen LogP contribution in [-0.2, 0) is 0 Å². The topological polar surface area (TPSA) is 66.4 Å². The summed E-state index contributed by atoms with van der Waals surface area (Å²) in [7, 11) is 0. The van der Waals surface area contributed by atoms with Crippen LogP contribution in [0.3, 0.4) is 0 Å². The van der Waals surface area contributed by atoms with Crippen LogP contribution in [0, 0.1) is 6.92 Å². The molecule has 4 nitrogen and oxygen atoms in total. The fourth-order valence-electron chi connectivity index (χ4n) is 2.87. The minimum absolute atomic E-state index is 0.120. The molecule has 6 heteroatoms. The molecule has 0 fully saturated rings. The third-order valence-electron chi connectivity index (χ3n) is 4.29. The van der Waals surface area contributed by atoms with Crippen LogP contribution in [0.5, 0.6) is 0 Å². The summed E-state index contributed by atoms with van der Waals surface area (Å²) >= 11 is 2.87. The standard InChI is InChI=1S/C21H15NO3S2/c1-12-2-4-14(5-3-12)19-18(21(24)25)16(11-27-19)22-20(23)15-7-6-13-8-9-26-17(13)10-15/h2-11H,1H3,(H,22,23)(H,24,25). The van der Waals surface area contributed by atoms with E-state index in [0.29, 0.717) is 16.1 Å². The number of carbonyl (C=O) groups is 2. The smallest absolute Gasteiger partial charge is 0.339 e. The molecular formula is C21H15NO3S2. The number of benzene rings is 2. The minimum Gasteiger partial charge on any atom is -0.478 e. The summed E-state index contributed by atoms with van der Waals surface area (Å²) in [5, 5.41) is 17.2. The average molecular weight is 393 g/mol. The molecule has 4 rings (SSSR count). The number of hydrogen-bond donors (Lipinski definition) is 2. The normalized spacial score (nSPS) is 10.9. The number of aryl methyl sites for hydroxylation is 1. The first kappa shape index (κ1) is 17.5. The summed E-state index contributed by atoms with van der Waals surface area (Å²) in [5.74, 6) is -1.38. The molecule has 0 unspecified atom stereocenters. The lowest BCUT2D eigenvalue weighted by Gasteiger charge is -2.07. The highest BCUT2D eigenvalue weighted by molar-refractivity contribution is 7.17. The van der Waals surface area contributed by atoms with Crippen molar-refractivity contribution in [1.29, 1.82) is 0 Å². The quantitative estimate of drug-likeness (QED) is 0.454. The molecule has 134 valence electrons. The van der Waals surface area contributed by atoms with Gasteiger partial charge < -0.3 is 10.4 Å². The molecule has 0 aliphatic rings. The van der Waals surface area contributed by atoms with Crippen LogP contribution in [-0.4, -0.2) is 17.0 Å². The number of carboxylic acids is 1. The van der Waals surface area contributed by atoms with E-state index < -0.39 is 5.97 Å². The van der Waals surface area contributed by atoms with Crippen LogP contribution < -0.4 is 5.32 Å². The molecule has 2 heterocycles. The lowest BCUT2D eigenvalue weighted by atomic mass is 10.1. The van der Waals surface area contributed by atoms with Crippen LogP contribution in [0.1, 0.15) is 26.3 Å². The Morgan fingerprint density at radius 2 is 1.78 bits per heavy atom. The highest BCUT2D eigenvalue weighted by Crippen LogP contribution is 2.36. The van der Waals surface area contributed by atoms with Gasteiger partial charge in [0.05, 0.1) is 10.6 Å². The first-order valence-electron chi connectivity index (χ1n) is 8.23. The number of fused-ring (bicyclic) bond motifs is 1. The maximum Gasteiger partial charge on any atom is 0.339 e. The molecule has 0 aliphatic heterocycles. The molecule has 4 aromatic rings. The molecule has 0 bridgehead atoms. The van der Waals surface area contributed by atoms with Gasteiger partial charge >= 0.3 is 5.97 Å². The van der Waals surface area contributed by atoms with Gasteiger partial charge in [-0.05, 0) is 41.5 Å². The van der Waals surface area contributed by atoms with Crippen molar-refractivity contribution < 1.29 is 14.7 Å². The van der Waals surface area contributed by atoms with Crippen molar-refractivity contribution in [2.45, 2.75) is 6.92 Å². The Hall–Kier alpha value is -2.96. The second-order valence-electron chi connectivity index (χ2n) is 6.15.